The number of piperazine rings is 1. The molecule has 7 heteroatoms. The SMILES string of the molecule is CCc1nc(C(=O)N2CCN(C(C)=O)CC2)n[nH]1. The minimum absolute atomic E-state index is 0.0493. The lowest BCUT2D eigenvalue weighted by Crippen LogP contribution is -2.50. The van der Waals surface area contributed by atoms with Crippen LogP contribution in [0.2, 0.25) is 0 Å². The van der Waals surface area contributed by atoms with Crippen LogP contribution in [0.3, 0.4) is 0 Å². The van der Waals surface area contributed by atoms with Gasteiger partial charge in [-0.1, -0.05) is 6.92 Å². The minimum Gasteiger partial charge on any atom is -0.339 e. The molecule has 0 bridgehead atoms. The van der Waals surface area contributed by atoms with Crippen molar-refractivity contribution in [2.24, 2.45) is 0 Å². The molecule has 18 heavy (non-hydrogen) atoms. The third kappa shape index (κ3) is 2.49. The highest BCUT2D eigenvalue weighted by molar-refractivity contribution is 5.90. The second-order valence-electron chi connectivity index (χ2n) is 4.26. The Bertz CT molecular complexity index is 448. The molecule has 1 aliphatic heterocycles. The van der Waals surface area contributed by atoms with Crippen LogP contribution in [-0.4, -0.2) is 63.0 Å². The normalized spacial score (nSPS) is 15.9. The van der Waals surface area contributed by atoms with Gasteiger partial charge < -0.3 is 9.80 Å². The molecule has 98 valence electrons. The molecule has 0 saturated carbocycles. The molecule has 1 fully saturated rings. The Labute approximate surface area is 105 Å². The summed E-state index contributed by atoms with van der Waals surface area (Å²) in [6.07, 6.45) is 0.721. The number of hydrogen-bond acceptors (Lipinski definition) is 4. The van der Waals surface area contributed by atoms with Crippen LogP contribution < -0.4 is 0 Å². The molecule has 0 radical (unpaired) electrons. The fraction of sp³-hybridized carbons (Fsp3) is 0.636. The van der Waals surface area contributed by atoms with Gasteiger partial charge in [0.1, 0.15) is 5.82 Å². The van der Waals surface area contributed by atoms with Gasteiger partial charge >= 0.3 is 0 Å². The summed E-state index contributed by atoms with van der Waals surface area (Å²) in [6, 6.07) is 0. The number of amides is 2. The lowest BCUT2D eigenvalue weighted by Gasteiger charge is -2.33. The lowest BCUT2D eigenvalue weighted by atomic mass is 10.3. The van der Waals surface area contributed by atoms with Crippen LogP contribution >= 0.6 is 0 Å². The van der Waals surface area contributed by atoms with Crippen molar-refractivity contribution in [1.82, 2.24) is 25.0 Å². The fourth-order valence-corrected chi connectivity index (χ4v) is 1.91. The molecular weight excluding hydrogens is 234 g/mol. The van der Waals surface area contributed by atoms with Crippen LogP contribution in [0.15, 0.2) is 0 Å². The van der Waals surface area contributed by atoms with Crippen LogP contribution in [0.4, 0.5) is 0 Å². The molecule has 1 aliphatic rings. The zero-order chi connectivity index (χ0) is 13.1. The molecule has 2 amide bonds. The third-order valence-electron chi connectivity index (χ3n) is 3.07. The Balaban J connectivity index is 1.97. The number of carbonyl (C=O) groups excluding carboxylic acids is 2. The first-order valence-electron chi connectivity index (χ1n) is 6.08. The summed E-state index contributed by atoms with van der Waals surface area (Å²) in [4.78, 5) is 30.8. The number of nitrogens with one attached hydrogen (secondary N) is 1. The van der Waals surface area contributed by atoms with Gasteiger partial charge in [0.05, 0.1) is 0 Å². The van der Waals surface area contributed by atoms with Gasteiger partial charge in [0.25, 0.3) is 5.91 Å². The highest BCUT2D eigenvalue weighted by Gasteiger charge is 2.25. The first kappa shape index (κ1) is 12.5. The average Bonchev–Trinajstić information content (AvgIpc) is 2.86. The lowest BCUT2D eigenvalue weighted by molar-refractivity contribution is -0.130. The van der Waals surface area contributed by atoms with Crippen molar-refractivity contribution in [3.05, 3.63) is 11.6 Å². The van der Waals surface area contributed by atoms with E-state index in [1.807, 2.05) is 6.92 Å². The fourth-order valence-electron chi connectivity index (χ4n) is 1.91. The van der Waals surface area contributed by atoms with Crippen molar-refractivity contribution < 1.29 is 9.59 Å². The number of rotatable bonds is 2. The van der Waals surface area contributed by atoms with E-state index in [0.29, 0.717) is 32.0 Å². The molecule has 0 aliphatic carbocycles. The first-order valence-corrected chi connectivity index (χ1v) is 6.08. The van der Waals surface area contributed by atoms with Crippen molar-refractivity contribution in [1.29, 1.82) is 0 Å². The second-order valence-corrected chi connectivity index (χ2v) is 4.26. The maximum atomic E-state index is 12.1. The molecule has 1 aromatic rings. The molecule has 2 rings (SSSR count). The number of aryl methyl sites for hydroxylation is 1. The Morgan fingerprint density at radius 2 is 1.83 bits per heavy atom. The Morgan fingerprint density at radius 3 is 2.33 bits per heavy atom. The van der Waals surface area contributed by atoms with Crippen molar-refractivity contribution in [3.8, 4) is 0 Å². The first-order chi connectivity index (χ1) is 8.61. The largest absolute Gasteiger partial charge is 0.339 e. The van der Waals surface area contributed by atoms with Crippen LogP contribution in [0, 0.1) is 0 Å². The molecule has 0 atom stereocenters. The molecule has 0 aromatic carbocycles. The monoisotopic (exact) mass is 251 g/mol. The number of aromatic amines is 1. The van der Waals surface area contributed by atoms with Crippen LogP contribution in [0.25, 0.3) is 0 Å². The van der Waals surface area contributed by atoms with Gasteiger partial charge in [-0.25, -0.2) is 4.98 Å². The third-order valence-corrected chi connectivity index (χ3v) is 3.07. The van der Waals surface area contributed by atoms with Gasteiger partial charge in [0, 0.05) is 39.5 Å². The Hall–Kier alpha value is -1.92. The van der Waals surface area contributed by atoms with E-state index in [2.05, 4.69) is 15.2 Å². The summed E-state index contributed by atoms with van der Waals surface area (Å²) in [5.74, 6) is 0.797. The molecule has 1 saturated heterocycles. The van der Waals surface area contributed by atoms with E-state index in [1.54, 1.807) is 16.7 Å². The van der Waals surface area contributed by atoms with Crippen molar-refractivity contribution in [2.75, 3.05) is 26.2 Å². The van der Waals surface area contributed by atoms with E-state index in [4.69, 9.17) is 0 Å². The minimum atomic E-state index is -0.172. The predicted octanol–water partition coefficient (Wildman–Crippen LogP) is -0.329. The van der Waals surface area contributed by atoms with Crippen LogP contribution in [0.1, 0.15) is 30.3 Å². The summed E-state index contributed by atoms with van der Waals surface area (Å²) in [5.41, 5.74) is 0. The molecule has 0 unspecified atom stereocenters. The highest BCUT2D eigenvalue weighted by Crippen LogP contribution is 2.06. The standard InChI is InChI=1S/C11H17N5O2/c1-3-9-12-10(14-13-9)11(18)16-6-4-15(5-7-16)8(2)17/h3-7H2,1-2H3,(H,12,13,14). The molecular formula is C11H17N5O2. The van der Waals surface area contributed by atoms with E-state index < -0.39 is 0 Å². The van der Waals surface area contributed by atoms with Crippen molar-refractivity contribution >= 4 is 11.8 Å². The molecule has 2 heterocycles. The topological polar surface area (TPSA) is 82.2 Å². The van der Waals surface area contributed by atoms with Crippen LogP contribution in [0.5, 0.6) is 0 Å². The summed E-state index contributed by atoms with van der Waals surface area (Å²) in [5, 5.41) is 6.64. The maximum Gasteiger partial charge on any atom is 0.293 e. The molecule has 7 nitrogen and oxygen atoms in total. The molecule has 0 spiro atoms. The smallest absolute Gasteiger partial charge is 0.293 e. The number of aromatic nitrogens is 3. The highest BCUT2D eigenvalue weighted by atomic mass is 16.2. The van der Waals surface area contributed by atoms with Crippen LogP contribution in [-0.2, 0) is 11.2 Å². The number of nitrogens with zero attached hydrogens (tertiary/aromatic N) is 4. The van der Waals surface area contributed by atoms with Crippen molar-refractivity contribution in [3.63, 3.8) is 0 Å². The predicted molar refractivity (Wildman–Crippen MR) is 63.9 cm³/mol. The summed E-state index contributed by atoms with van der Waals surface area (Å²) in [7, 11) is 0. The zero-order valence-corrected chi connectivity index (χ0v) is 10.6. The quantitative estimate of drug-likeness (QED) is 0.780. The summed E-state index contributed by atoms with van der Waals surface area (Å²) in [6.45, 7) is 5.71. The Kier molecular flexibility index (Phi) is 3.59. The maximum absolute atomic E-state index is 12.1. The average molecular weight is 251 g/mol. The van der Waals surface area contributed by atoms with Gasteiger partial charge in [-0.2, -0.15) is 0 Å². The van der Waals surface area contributed by atoms with E-state index in [0.717, 1.165) is 6.42 Å². The molecule has 1 aromatic heterocycles. The van der Waals surface area contributed by atoms with Crippen molar-refractivity contribution in [2.45, 2.75) is 20.3 Å². The Morgan fingerprint density at radius 1 is 1.22 bits per heavy atom. The number of H-pyrrole nitrogens is 1. The van der Waals surface area contributed by atoms with Gasteiger partial charge in [-0.3, -0.25) is 14.7 Å². The number of carbonyl (C=O) groups is 2. The summed E-state index contributed by atoms with van der Waals surface area (Å²) < 4.78 is 0. The number of hydrogen-bond donors (Lipinski definition) is 1. The summed E-state index contributed by atoms with van der Waals surface area (Å²) >= 11 is 0. The van der Waals surface area contributed by atoms with Gasteiger partial charge in [-0.05, 0) is 0 Å². The van der Waals surface area contributed by atoms with Gasteiger partial charge in [-0.15, -0.1) is 5.10 Å². The molecule has 1 N–H and O–H groups in total. The van der Waals surface area contributed by atoms with E-state index >= 15 is 0 Å². The van der Waals surface area contributed by atoms with Gasteiger partial charge in [0.2, 0.25) is 11.7 Å². The van der Waals surface area contributed by atoms with E-state index in [9.17, 15) is 9.59 Å². The van der Waals surface area contributed by atoms with Gasteiger partial charge in [0.15, 0.2) is 0 Å². The van der Waals surface area contributed by atoms with E-state index in [-0.39, 0.29) is 17.6 Å². The zero-order valence-electron chi connectivity index (χ0n) is 10.6. The second kappa shape index (κ2) is 5.16. The van der Waals surface area contributed by atoms with E-state index in [1.165, 1.54) is 0 Å².